The van der Waals surface area contributed by atoms with E-state index in [1.165, 1.54) is 14.2 Å². The number of rotatable bonds is 8. The van der Waals surface area contributed by atoms with Gasteiger partial charge in [0, 0.05) is 12.8 Å². The standard InChI is InChI=1S/C26H30F3N5O4/c1-36-20-7-4-15(13-21(20)37-2)18-14-25(32-24(35)22(18)23(33-30)34-31)10-8-16-12-17(5-6-19(16)25)38-11-3-9-26(27,28)29/h4-7,12-13H,3,8-11,14,30-31H2,1-2H3,(H,32,35)(H,33,34)/p+1/t25-/m0/s1. The van der Waals surface area contributed by atoms with E-state index in [0.29, 0.717) is 42.1 Å². The second kappa shape index (κ2) is 10.8. The summed E-state index contributed by atoms with van der Waals surface area (Å²) >= 11 is 0. The first-order chi connectivity index (χ1) is 18.1. The Morgan fingerprint density at radius 3 is 2.58 bits per heavy atom. The Balaban J connectivity index is 1.68. The third kappa shape index (κ3) is 5.35. The molecule has 0 unspecified atom stereocenters. The van der Waals surface area contributed by atoms with Crippen molar-refractivity contribution in [3.05, 3.63) is 58.7 Å². The van der Waals surface area contributed by atoms with Crippen molar-refractivity contribution in [3.8, 4) is 17.2 Å². The number of benzene rings is 2. The molecule has 4 rings (SSSR count). The molecule has 204 valence electrons. The molecule has 0 saturated heterocycles. The molecule has 38 heavy (non-hydrogen) atoms. The molecular formula is C26H31F3N5O4+. The number of halogens is 3. The first-order valence-corrected chi connectivity index (χ1v) is 12.1. The maximum Gasteiger partial charge on any atom is 0.389 e. The molecule has 0 aromatic heterocycles. The average molecular weight is 535 g/mol. The van der Waals surface area contributed by atoms with Gasteiger partial charge in [0.2, 0.25) is 0 Å². The maximum atomic E-state index is 13.6. The van der Waals surface area contributed by atoms with Crippen LogP contribution in [-0.4, -0.2) is 38.7 Å². The first kappa shape index (κ1) is 27.1. The van der Waals surface area contributed by atoms with Crippen LogP contribution < -0.4 is 41.7 Å². The van der Waals surface area contributed by atoms with E-state index in [1.54, 1.807) is 18.2 Å². The molecule has 0 radical (unpaired) electrons. The number of nitrogens with one attached hydrogen (secondary N) is 3. The fourth-order valence-electron chi connectivity index (χ4n) is 5.16. The summed E-state index contributed by atoms with van der Waals surface area (Å²) in [6, 6.07) is 10.8. The molecule has 1 amide bonds. The van der Waals surface area contributed by atoms with E-state index in [-0.39, 0.29) is 30.3 Å². The molecule has 0 saturated carbocycles. The number of hydrogen-bond donors (Lipinski definition) is 5. The van der Waals surface area contributed by atoms with Gasteiger partial charge in [0.25, 0.3) is 5.91 Å². The number of aryl methyl sites for hydroxylation is 1. The van der Waals surface area contributed by atoms with Gasteiger partial charge < -0.3 is 19.5 Å². The van der Waals surface area contributed by atoms with Crippen molar-refractivity contribution in [3.63, 3.8) is 0 Å². The minimum absolute atomic E-state index is 0.0352. The van der Waals surface area contributed by atoms with Crippen molar-refractivity contribution in [1.82, 2.24) is 10.7 Å². The molecule has 0 fully saturated rings. The zero-order chi connectivity index (χ0) is 27.5. The largest absolute Gasteiger partial charge is 0.494 e. The number of amides is 1. The van der Waals surface area contributed by atoms with Crippen molar-refractivity contribution in [2.75, 3.05) is 20.8 Å². The smallest absolute Gasteiger partial charge is 0.389 e. The van der Waals surface area contributed by atoms with Crippen LogP contribution in [0.2, 0.25) is 0 Å². The highest BCUT2D eigenvalue weighted by atomic mass is 19.4. The van der Waals surface area contributed by atoms with Crippen LogP contribution in [0.1, 0.15) is 42.4 Å². The predicted octanol–water partition coefficient (Wildman–Crippen LogP) is 1.36. The van der Waals surface area contributed by atoms with E-state index < -0.39 is 18.1 Å². The second-order valence-corrected chi connectivity index (χ2v) is 9.19. The van der Waals surface area contributed by atoms with Gasteiger partial charge >= 0.3 is 12.0 Å². The zero-order valence-corrected chi connectivity index (χ0v) is 21.1. The summed E-state index contributed by atoms with van der Waals surface area (Å²) in [5.41, 5.74) is 5.34. The van der Waals surface area contributed by atoms with Gasteiger partial charge in [0.1, 0.15) is 11.3 Å². The highest BCUT2D eigenvalue weighted by molar-refractivity contribution is 6.24. The highest BCUT2D eigenvalue weighted by Crippen LogP contribution is 2.48. The topological polar surface area (TPSA) is 135 Å². The van der Waals surface area contributed by atoms with E-state index in [1.807, 2.05) is 18.2 Å². The Kier molecular flexibility index (Phi) is 7.72. The Labute approximate surface area is 218 Å². The summed E-state index contributed by atoms with van der Waals surface area (Å²) in [4.78, 5) is 13.6. The molecule has 2 aromatic carbocycles. The summed E-state index contributed by atoms with van der Waals surface area (Å²) in [6.45, 7) is -0.0352. The van der Waals surface area contributed by atoms with Gasteiger partial charge in [-0.2, -0.15) is 29.5 Å². The minimum atomic E-state index is -4.21. The quantitative estimate of drug-likeness (QED) is 0.114. The number of amidine groups is 1. The van der Waals surface area contributed by atoms with Crippen molar-refractivity contribution in [1.29, 1.82) is 0 Å². The van der Waals surface area contributed by atoms with Gasteiger partial charge in [-0.3, -0.25) is 10.6 Å². The van der Waals surface area contributed by atoms with Crippen LogP contribution in [0.3, 0.4) is 0 Å². The van der Waals surface area contributed by atoms with Crippen molar-refractivity contribution >= 4 is 17.3 Å². The molecule has 7 N–H and O–H groups in total. The van der Waals surface area contributed by atoms with Crippen LogP contribution in [0.15, 0.2) is 42.0 Å². The van der Waals surface area contributed by atoms with Crippen LogP contribution in [0.5, 0.6) is 17.2 Å². The van der Waals surface area contributed by atoms with Crippen molar-refractivity contribution in [2.45, 2.75) is 43.8 Å². The molecular weight excluding hydrogens is 503 g/mol. The Bertz CT molecular complexity index is 1280. The van der Waals surface area contributed by atoms with E-state index in [2.05, 4.69) is 15.8 Å². The molecule has 1 spiro atoms. The fourth-order valence-corrected chi connectivity index (χ4v) is 5.16. The van der Waals surface area contributed by atoms with Crippen LogP contribution >= 0.6 is 0 Å². The molecule has 2 aliphatic rings. The molecule has 1 atom stereocenters. The maximum absolute atomic E-state index is 13.6. The number of carbonyl (C=O) groups is 1. The van der Waals surface area contributed by atoms with E-state index in [4.69, 9.17) is 25.9 Å². The van der Waals surface area contributed by atoms with Crippen LogP contribution in [0, 0.1) is 0 Å². The van der Waals surface area contributed by atoms with Crippen LogP contribution in [-0.2, 0) is 16.8 Å². The third-order valence-electron chi connectivity index (χ3n) is 6.92. The van der Waals surface area contributed by atoms with Gasteiger partial charge in [-0.15, -0.1) is 0 Å². The lowest BCUT2D eigenvalue weighted by Gasteiger charge is -2.37. The van der Waals surface area contributed by atoms with E-state index in [9.17, 15) is 18.0 Å². The van der Waals surface area contributed by atoms with Gasteiger partial charge in [0.05, 0.1) is 26.4 Å². The highest BCUT2D eigenvalue weighted by Gasteiger charge is 2.47. The number of hydrazine groups is 2. The molecule has 12 heteroatoms. The lowest BCUT2D eigenvalue weighted by atomic mass is 9.77. The van der Waals surface area contributed by atoms with Gasteiger partial charge in [-0.1, -0.05) is 12.1 Å². The molecule has 1 aliphatic carbocycles. The Morgan fingerprint density at radius 2 is 1.92 bits per heavy atom. The number of ether oxygens (including phenoxy) is 3. The van der Waals surface area contributed by atoms with Gasteiger partial charge in [0.15, 0.2) is 11.5 Å². The SMILES string of the molecule is COc1ccc(C2=C(/C(NN)=[NH+]/N)C(=O)N[C@@]3(CCc4cc(OCCCC(F)(F)F)ccc43)C2)cc1OC. The lowest BCUT2D eigenvalue weighted by molar-refractivity contribution is -0.471. The summed E-state index contributed by atoms with van der Waals surface area (Å²) < 4.78 is 53.7. The lowest BCUT2D eigenvalue weighted by Crippen LogP contribution is -2.84. The summed E-state index contributed by atoms with van der Waals surface area (Å²) in [5, 5.41) is 5.62. The van der Waals surface area contributed by atoms with E-state index >= 15 is 0 Å². The molecule has 1 heterocycles. The van der Waals surface area contributed by atoms with Crippen LogP contribution in [0.4, 0.5) is 13.2 Å². The van der Waals surface area contributed by atoms with E-state index in [0.717, 1.165) is 16.7 Å². The predicted molar refractivity (Wildman–Crippen MR) is 134 cm³/mol. The summed E-state index contributed by atoms with van der Waals surface area (Å²) in [6.07, 6.45) is -3.51. The number of nitrogens with two attached hydrogens (primary N) is 2. The van der Waals surface area contributed by atoms with Crippen LogP contribution in [0.25, 0.3) is 5.57 Å². The van der Waals surface area contributed by atoms with Crippen molar-refractivity contribution in [2.24, 2.45) is 11.7 Å². The fraction of sp³-hybridized carbons (Fsp3) is 0.385. The monoisotopic (exact) mass is 534 g/mol. The average Bonchev–Trinajstić information content (AvgIpc) is 3.23. The summed E-state index contributed by atoms with van der Waals surface area (Å²) in [7, 11) is 3.07. The van der Waals surface area contributed by atoms with Crippen molar-refractivity contribution < 1.29 is 37.3 Å². The normalized spacial score (nSPS) is 19.3. The molecule has 0 bridgehead atoms. The molecule has 1 aliphatic heterocycles. The summed E-state index contributed by atoms with van der Waals surface area (Å²) in [5.74, 6) is 12.7. The molecule has 9 nitrogen and oxygen atoms in total. The Hall–Kier alpha value is -3.93. The number of carbonyl (C=O) groups excluding carboxylic acids is 1. The molecule has 2 aromatic rings. The number of hydrazone groups is 1. The number of fused-ring (bicyclic) bond motifs is 2. The van der Waals surface area contributed by atoms with Gasteiger partial charge in [-0.05, 0) is 65.8 Å². The Morgan fingerprint density at radius 1 is 1.16 bits per heavy atom. The number of methoxy groups -OCH3 is 2. The number of alkyl halides is 3. The number of hydrogen-bond acceptors (Lipinski definition) is 6. The zero-order valence-electron chi connectivity index (χ0n) is 21.1. The minimum Gasteiger partial charge on any atom is -0.494 e. The van der Waals surface area contributed by atoms with Gasteiger partial charge in [-0.25, -0.2) is 0 Å². The third-order valence-corrected chi connectivity index (χ3v) is 6.92. The first-order valence-electron chi connectivity index (χ1n) is 12.1. The second-order valence-electron chi connectivity index (χ2n) is 9.19.